The molecule has 30 heavy (non-hydrogen) atoms. The third kappa shape index (κ3) is 5.37. The summed E-state index contributed by atoms with van der Waals surface area (Å²) in [6.45, 7) is 0.685. The molecule has 2 aromatic rings. The number of ether oxygens (including phenoxy) is 2. The molecular formula is C20H22Cl2N2O5S. The van der Waals surface area contributed by atoms with Crippen LogP contribution in [0.5, 0.6) is 11.5 Å². The normalized spacial score (nSPS) is 14.9. The first kappa shape index (κ1) is 22.7. The molecule has 0 aromatic heterocycles. The lowest BCUT2D eigenvalue weighted by molar-refractivity contribution is -0.118. The van der Waals surface area contributed by atoms with E-state index in [-0.39, 0.29) is 22.3 Å². The van der Waals surface area contributed by atoms with Gasteiger partial charge in [-0.15, -0.1) is 0 Å². The van der Waals surface area contributed by atoms with Gasteiger partial charge in [0.15, 0.2) is 6.61 Å². The lowest BCUT2D eigenvalue weighted by Gasteiger charge is -2.26. The summed E-state index contributed by atoms with van der Waals surface area (Å²) in [7, 11) is -2.12. The van der Waals surface area contributed by atoms with Crippen LogP contribution >= 0.6 is 23.2 Å². The molecule has 0 unspecified atom stereocenters. The Kier molecular flexibility index (Phi) is 7.46. The number of halogens is 2. The predicted octanol–water partition coefficient (Wildman–Crippen LogP) is 4.19. The molecule has 7 nitrogen and oxygen atoms in total. The Balaban J connectivity index is 1.65. The molecule has 3 rings (SSSR count). The largest absolute Gasteiger partial charge is 0.495 e. The number of nitrogens with one attached hydrogen (secondary N) is 1. The first-order valence-electron chi connectivity index (χ1n) is 9.37. The van der Waals surface area contributed by atoms with Crippen LogP contribution in [0.3, 0.4) is 0 Å². The number of rotatable bonds is 7. The van der Waals surface area contributed by atoms with Gasteiger partial charge < -0.3 is 14.8 Å². The molecule has 1 N–H and O–H groups in total. The Morgan fingerprint density at radius 3 is 2.43 bits per heavy atom. The highest BCUT2D eigenvalue weighted by Crippen LogP contribution is 2.30. The SMILES string of the molecule is COc1ccc(Cl)cc1NC(=O)COc1ccc(S(=O)(=O)N2CCCCC2)cc1Cl. The zero-order chi connectivity index (χ0) is 21.7. The standard InChI is InChI=1S/C20H22Cl2N2O5S/c1-28-19-7-5-14(21)11-17(19)23-20(25)13-29-18-8-6-15(12-16(18)22)30(26,27)24-9-3-2-4-10-24/h5-8,11-12H,2-4,9-10,13H2,1H3,(H,23,25). The molecular weight excluding hydrogens is 451 g/mol. The summed E-state index contributed by atoms with van der Waals surface area (Å²) >= 11 is 12.2. The van der Waals surface area contributed by atoms with E-state index in [4.69, 9.17) is 32.7 Å². The van der Waals surface area contributed by atoms with Gasteiger partial charge in [0.1, 0.15) is 11.5 Å². The number of amides is 1. The third-order valence-corrected chi connectivity index (χ3v) is 7.08. The van der Waals surface area contributed by atoms with E-state index in [1.807, 2.05) is 0 Å². The minimum Gasteiger partial charge on any atom is -0.495 e. The van der Waals surface area contributed by atoms with Crippen LogP contribution < -0.4 is 14.8 Å². The molecule has 1 aliphatic rings. The molecule has 0 radical (unpaired) electrons. The minimum absolute atomic E-state index is 0.106. The molecule has 0 bridgehead atoms. The van der Waals surface area contributed by atoms with Crippen LogP contribution in [0.2, 0.25) is 10.0 Å². The lowest BCUT2D eigenvalue weighted by atomic mass is 10.2. The van der Waals surface area contributed by atoms with E-state index < -0.39 is 15.9 Å². The van der Waals surface area contributed by atoms with Crippen LogP contribution in [0.25, 0.3) is 0 Å². The molecule has 10 heteroatoms. The van der Waals surface area contributed by atoms with Crippen molar-refractivity contribution in [2.24, 2.45) is 0 Å². The molecule has 162 valence electrons. The average molecular weight is 473 g/mol. The molecule has 1 fully saturated rings. The van der Waals surface area contributed by atoms with Gasteiger partial charge in [0.05, 0.1) is 22.7 Å². The number of nitrogens with zero attached hydrogens (tertiary/aromatic N) is 1. The topological polar surface area (TPSA) is 84.9 Å². The van der Waals surface area contributed by atoms with E-state index >= 15 is 0 Å². The quantitative estimate of drug-likeness (QED) is 0.652. The maximum Gasteiger partial charge on any atom is 0.262 e. The second-order valence-corrected chi connectivity index (χ2v) is 9.52. The molecule has 1 aliphatic heterocycles. The van der Waals surface area contributed by atoms with Crippen LogP contribution in [0.4, 0.5) is 5.69 Å². The van der Waals surface area contributed by atoms with E-state index in [0.717, 1.165) is 19.3 Å². The Morgan fingerprint density at radius 2 is 1.77 bits per heavy atom. The Morgan fingerprint density at radius 1 is 1.07 bits per heavy atom. The van der Waals surface area contributed by atoms with Crippen LogP contribution in [0.15, 0.2) is 41.3 Å². The summed E-state index contributed by atoms with van der Waals surface area (Å²) in [4.78, 5) is 12.3. The van der Waals surface area contributed by atoms with Gasteiger partial charge in [-0.3, -0.25) is 4.79 Å². The van der Waals surface area contributed by atoms with Crippen molar-refractivity contribution >= 4 is 44.8 Å². The number of carbonyl (C=O) groups excluding carboxylic acids is 1. The van der Waals surface area contributed by atoms with E-state index in [0.29, 0.717) is 29.5 Å². The van der Waals surface area contributed by atoms with E-state index in [9.17, 15) is 13.2 Å². The number of carbonyl (C=O) groups is 1. The van der Waals surface area contributed by atoms with E-state index in [1.165, 1.54) is 29.6 Å². The highest BCUT2D eigenvalue weighted by atomic mass is 35.5. The smallest absolute Gasteiger partial charge is 0.262 e. The van der Waals surface area contributed by atoms with Crippen LogP contribution in [-0.4, -0.2) is 45.4 Å². The van der Waals surface area contributed by atoms with Crippen LogP contribution in [0, 0.1) is 0 Å². The second kappa shape index (κ2) is 9.87. The average Bonchev–Trinajstić information content (AvgIpc) is 2.73. The molecule has 1 saturated heterocycles. The monoisotopic (exact) mass is 472 g/mol. The van der Waals surface area contributed by atoms with Gasteiger partial charge in [0.2, 0.25) is 10.0 Å². The summed E-state index contributed by atoms with van der Waals surface area (Å²) < 4.78 is 37.6. The van der Waals surface area contributed by atoms with Crippen molar-refractivity contribution in [1.82, 2.24) is 4.31 Å². The summed E-state index contributed by atoms with van der Waals surface area (Å²) in [6.07, 6.45) is 2.73. The number of hydrogen-bond acceptors (Lipinski definition) is 5. The van der Waals surface area contributed by atoms with Crippen LogP contribution in [-0.2, 0) is 14.8 Å². The van der Waals surface area contributed by atoms with Crippen molar-refractivity contribution in [2.75, 3.05) is 32.1 Å². The molecule has 0 aliphatic carbocycles. The zero-order valence-electron chi connectivity index (χ0n) is 16.4. The van der Waals surface area contributed by atoms with Gasteiger partial charge in [-0.05, 0) is 49.2 Å². The molecule has 0 spiro atoms. The van der Waals surface area contributed by atoms with Gasteiger partial charge in [0, 0.05) is 18.1 Å². The fourth-order valence-electron chi connectivity index (χ4n) is 3.12. The molecule has 1 amide bonds. The highest BCUT2D eigenvalue weighted by Gasteiger charge is 2.26. The van der Waals surface area contributed by atoms with Gasteiger partial charge >= 0.3 is 0 Å². The number of methoxy groups -OCH3 is 1. The first-order chi connectivity index (χ1) is 14.3. The molecule has 1 heterocycles. The number of hydrogen-bond donors (Lipinski definition) is 1. The summed E-state index contributed by atoms with van der Waals surface area (Å²) in [5, 5.41) is 3.21. The fraction of sp³-hybridized carbons (Fsp3) is 0.350. The van der Waals surface area contributed by atoms with Gasteiger partial charge in [-0.1, -0.05) is 29.6 Å². The number of anilines is 1. The van der Waals surface area contributed by atoms with Crippen LogP contribution in [0.1, 0.15) is 19.3 Å². The van der Waals surface area contributed by atoms with E-state index in [1.54, 1.807) is 18.2 Å². The van der Waals surface area contributed by atoms with Crippen molar-refractivity contribution in [1.29, 1.82) is 0 Å². The Hall–Kier alpha value is -2.00. The second-order valence-electron chi connectivity index (χ2n) is 6.74. The number of piperidine rings is 1. The molecule has 0 atom stereocenters. The first-order valence-corrected chi connectivity index (χ1v) is 11.6. The van der Waals surface area contributed by atoms with Crippen molar-refractivity contribution in [2.45, 2.75) is 24.2 Å². The molecule has 0 saturated carbocycles. The lowest BCUT2D eigenvalue weighted by Crippen LogP contribution is -2.35. The highest BCUT2D eigenvalue weighted by molar-refractivity contribution is 7.89. The molecule has 2 aromatic carbocycles. The summed E-state index contributed by atoms with van der Waals surface area (Å²) in [6, 6.07) is 9.07. The van der Waals surface area contributed by atoms with Gasteiger partial charge in [0.25, 0.3) is 5.91 Å². The maximum absolute atomic E-state index is 12.7. The number of benzene rings is 2. The van der Waals surface area contributed by atoms with Crippen molar-refractivity contribution in [3.05, 3.63) is 46.4 Å². The zero-order valence-corrected chi connectivity index (χ0v) is 18.7. The fourth-order valence-corrected chi connectivity index (χ4v) is 5.14. The Labute approximate surface area is 185 Å². The summed E-state index contributed by atoms with van der Waals surface area (Å²) in [5.41, 5.74) is 0.410. The van der Waals surface area contributed by atoms with Crippen molar-refractivity contribution in [3.8, 4) is 11.5 Å². The van der Waals surface area contributed by atoms with Gasteiger partial charge in [-0.25, -0.2) is 8.42 Å². The minimum atomic E-state index is -3.60. The van der Waals surface area contributed by atoms with Crippen molar-refractivity contribution in [3.63, 3.8) is 0 Å². The Bertz CT molecular complexity index is 1020. The van der Waals surface area contributed by atoms with E-state index in [2.05, 4.69) is 5.32 Å². The van der Waals surface area contributed by atoms with Gasteiger partial charge in [-0.2, -0.15) is 4.31 Å². The van der Waals surface area contributed by atoms with Crippen molar-refractivity contribution < 1.29 is 22.7 Å². The maximum atomic E-state index is 12.7. The predicted molar refractivity (Wildman–Crippen MR) is 116 cm³/mol. The number of sulfonamides is 1. The third-order valence-electron chi connectivity index (χ3n) is 4.65. The summed E-state index contributed by atoms with van der Waals surface area (Å²) in [5.74, 6) is 0.220.